The van der Waals surface area contributed by atoms with Gasteiger partial charge in [0.05, 0.1) is 5.00 Å². The minimum Gasteiger partial charge on any atom is -0.454 e. The molecule has 0 aliphatic carbocycles. The first-order valence-electron chi connectivity index (χ1n) is 5.00. The summed E-state index contributed by atoms with van der Waals surface area (Å²) in [7, 11) is 0. The zero-order valence-corrected chi connectivity index (χ0v) is 9.64. The smallest absolute Gasteiger partial charge is 0.231 e. The summed E-state index contributed by atoms with van der Waals surface area (Å²) in [5.74, 6) is 1.62. The number of ether oxygens (including phenoxy) is 2. The second kappa shape index (κ2) is 3.42. The number of aryl methyl sites for hydroxylation is 1. The molecule has 0 spiro atoms. The van der Waals surface area contributed by atoms with Crippen molar-refractivity contribution in [1.29, 1.82) is 0 Å². The van der Waals surface area contributed by atoms with Crippen LogP contribution in [0.5, 0.6) is 11.5 Å². The summed E-state index contributed by atoms with van der Waals surface area (Å²) in [6.45, 7) is 2.38. The fourth-order valence-electron chi connectivity index (χ4n) is 1.86. The standard InChI is InChI=1S/C12H11NO2S/c1-7-9(5-12(13)16-7)8-2-3-10-11(4-8)15-6-14-10/h2-5H,6,13H2,1H3. The minimum atomic E-state index is 0.309. The van der Waals surface area contributed by atoms with E-state index < -0.39 is 0 Å². The molecule has 0 saturated carbocycles. The summed E-state index contributed by atoms with van der Waals surface area (Å²) < 4.78 is 10.6. The fraction of sp³-hybridized carbons (Fsp3) is 0.167. The topological polar surface area (TPSA) is 44.5 Å². The fourth-order valence-corrected chi connectivity index (χ4v) is 2.67. The number of hydrogen-bond acceptors (Lipinski definition) is 4. The number of hydrogen-bond donors (Lipinski definition) is 1. The van der Waals surface area contributed by atoms with E-state index in [1.54, 1.807) is 11.3 Å². The first-order chi connectivity index (χ1) is 7.74. The van der Waals surface area contributed by atoms with Gasteiger partial charge in [-0.25, -0.2) is 0 Å². The first kappa shape index (κ1) is 9.54. The second-order valence-electron chi connectivity index (χ2n) is 3.69. The third-order valence-corrected chi connectivity index (χ3v) is 3.50. The van der Waals surface area contributed by atoms with Crippen molar-refractivity contribution in [2.45, 2.75) is 6.92 Å². The van der Waals surface area contributed by atoms with E-state index in [1.807, 2.05) is 24.3 Å². The van der Waals surface area contributed by atoms with Crippen molar-refractivity contribution in [2.75, 3.05) is 12.5 Å². The number of benzene rings is 1. The highest BCUT2D eigenvalue weighted by atomic mass is 32.1. The molecule has 82 valence electrons. The number of fused-ring (bicyclic) bond motifs is 1. The van der Waals surface area contributed by atoms with Gasteiger partial charge in [0.1, 0.15) is 0 Å². The molecule has 0 radical (unpaired) electrons. The van der Waals surface area contributed by atoms with Gasteiger partial charge in [-0.3, -0.25) is 0 Å². The van der Waals surface area contributed by atoms with Crippen LogP contribution < -0.4 is 15.2 Å². The molecule has 2 aromatic rings. The van der Waals surface area contributed by atoms with E-state index in [0.717, 1.165) is 22.1 Å². The molecule has 3 rings (SSSR count). The molecule has 4 heteroatoms. The Kier molecular flexibility index (Phi) is 2.04. The highest BCUT2D eigenvalue weighted by Gasteiger charge is 2.15. The summed E-state index contributed by atoms with van der Waals surface area (Å²) in [5.41, 5.74) is 8.08. The van der Waals surface area contributed by atoms with E-state index in [-0.39, 0.29) is 0 Å². The van der Waals surface area contributed by atoms with Gasteiger partial charge in [0, 0.05) is 4.88 Å². The summed E-state index contributed by atoms with van der Waals surface area (Å²) in [5, 5.41) is 0.838. The van der Waals surface area contributed by atoms with Gasteiger partial charge in [0.25, 0.3) is 0 Å². The molecule has 0 atom stereocenters. The molecule has 0 unspecified atom stereocenters. The van der Waals surface area contributed by atoms with Crippen LogP contribution in [0.15, 0.2) is 24.3 Å². The summed E-state index contributed by atoms with van der Waals surface area (Å²) in [6.07, 6.45) is 0. The maximum Gasteiger partial charge on any atom is 0.231 e. The van der Waals surface area contributed by atoms with Crippen molar-refractivity contribution < 1.29 is 9.47 Å². The van der Waals surface area contributed by atoms with Gasteiger partial charge in [-0.15, -0.1) is 11.3 Å². The molecule has 1 aromatic carbocycles. The van der Waals surface area contributed by atoms with Crippen molar-refractivity contribution in [3.63, 3.8) is 0 Å². The summed E-state index contributed by atoms with van der Waals surface area (Å²) in [4.78, 5) is 1.22. The van der Waals surface area contributed by atoms with Crippen LogP contribution in [0, 0.1) is 6.92 Å². The van der Waals surface area contributed by atoms with Crippen LogP contribution in [0.25, 0.3) is 11.1 Å². The molecule has 1 aromatic heterocycles. The van der Waals surface area contributed by atoms with E-state index in [2.05, 4.69) is 6.92 Å². The second-order valence-corrected chi connectivity index (χ2v) is 4.97. The number of nitrogen functional groups attached to an aromatic ring is 1. The Morgan fingerprint density at radius 1 is 1.19 bits per heavy atom. The van der Waals surface area contributed by atoms with Gasteiger partial charge in [-0.1, -0.05) is 6.07 Å². The number of rotatable bonds is 1. The average Bonchev–Trinajstić information content (AvgIpc) is 2.83. The Balaban J connectivity index is 2.10. The lowest BCUT2D eigenvalue weighted by atomic mass is 10.1. The molecular weight excluding hydrogens is 222 g/mol. The van der Waals surface area contributed by atoms with Gasteiger partial charge in [-0.05, 0) is 36.2 Å². The normalized spacial score (nSPS) is 13.1. The van der Waals surface area contributed by atoms with Crippen LogP contribution in [-0.2, 0) is 0 Å². The van der Waals surface area contributed by atoms with Gasteiger partial charge in [-0.2, -0.15) is 0 Å². The molecule has 0 amide bonds. The third-order valence-electron chi connectivity index (χ3n) is 2.62. The van der Waals surface area contributed by atoms with E-state index in [9.17, 15) is 0 Å². The van der Waals surface area contributed by atoms with Gasteiger partial charge < -0.3 is 15.2 Å². The Bertz CT molecular complexity index is 548. The maximum atomic E-state index is 5.79. The Morgan fingerprint density at radius 3 is 2.75 bits per heavy atom. The van der Waals surface area contributed by atoms with E-state index in [4.69, 9.17) is 15.2 Å². The predicted molar refractivity (Wildman–Crippen MR) is 65.0 cm³/mol. The molecule has 2 N–H and O–H groups in total. The van der Waals surface area contributed by atoms with Crippen LogP contribution in [0.2, 0.25) is 0 Å². The average molecular weight is 233 g/mol. The molecule has 0 bridgehead atoms. The monoisotopic (exact) mass is 233 g/mol. The molecule has 0 saturated heterocycles. The largest absolute Gasteiger partial charge is 0.454 e. The van der Waals surface area contributed by atoms with Crippen molar-refractivity contribution >= 4 is 16.3 Å². The number of anilines is 1. The SMILES string of the molecule is Cc1sc(N)cc1-c1ccc2c(c1)OCO2. The molecule has 1 aliphatic rings. The molecular formula is C12H11NO2S. The number of thiophene rings is 1. The minimum absolute atomic E-state index is 0.309. The lowest BCUT2D eigenvalue weighted by molar-refractivity contribution is 0.174. The highest BCUT2D eigenvalue weighted by molar-refractivity contribution is 7.16. The summed E-state index contributed by atoms with van der Waals surface area (Å²) in [6, 6.07) is 7.96. The van der Waals surface area contributed by atoms with Crippen molar-refractivity contribution in [3.8, 4) is 22.6 Å². The van der Waals surface area contributed by atoms with Crippen LogP contribution in [0.4, 0.5) is 5.00 Å². The molecule has 2 heterocycles. The van der Waals surface area contributed by atoms with Crippen molar-refractivity contribution in [2.24, 2.45) is 0 Å². The zero-order valence-electron chi connectivity index (χ0n) is 8.82. The van der Waals surface area contributed by atoms with Crippen LogP contribution in [0.1, 0.15) is 4.88 Å². The van der Waals surface area contributed by atoms with Crippen LogP contribution in [-0.4, -0.2) is 6.79 Å². The van der Waals surface area contributed by atoms with Gasteiger partial charge in [0.15, 0.2) is 11.5 Å². The van der Waals surface area contributed by atoms with Crippen molar-refractivity contribution in [1.82, 2.24) is 0 Å². The third kappa shape index (κ3) is 1.42. The lowest BCUT2D eigenvalue weighted by Crippen LogP contribution is -1.92. The Labute approximate surface area is 97.4 Å². The first-order valence-corrected chi connectivity index (χ1v) is 5.81. The van der Waals surface area contributed by atoms with E-state index in [1.165, 1.54) is 10.4 Å². The van der Waals surface area contributed by atoms with E-state index >= 15 is 0 Å². The quantitative estimate of drug-likeness (QED) is 0.823. The summed E-state index contributed by atoms with van der Waals surface area (Å²) >= 11 is 1.60. The van der Waals surface area contributed by atoms with Gasteiger partial charge in [0.2, 0.25) is 6.79 Å². The van der Waals surface area contributed by atoms with Crippen molar-refractivity contribution in [3.05, 3.63) is 29.1 Å². The number of nitrogens with two attached hydrogens (primary N) is 1. The zero-order chi connectivity index (χ0) is 11.1. The highest BCUT2D eigenvalue weighted by Crippen LogP contribution is 2.39. The van der Waals surface area contributed by atoms with Crippen LogP contribution >= 0.6 is 11.3 Å². The van der Waals surface area contributed by atoms with Gasteiger partial charge >= 0.3 is 0 Å². The lowest BCUT2D eigenvalue weighted by Gasteiger charge is -2.01. The maximum absolute atomic E-state index is 5.79. The molecule has 0 fully saturated rings. The predicted octanol–water partition coefficient (Wildman–Crippen LogP) is 3.03. The van der Waals surface area contributed by atoms with Crippen LogP contribution in [0.3, 0.4) is 0 Å². The molecule has 1 aliphatic heterocycles. The Morgan fingerprint density at radius 2 is 2.00 bits per heavy atom. The molecule has 3 nitrogen and oxygen atoms in total. The Hall–Kier alpha value is -1.68. The van der Waals surface area contributed by atoms with E-state index in [0.29, 0.717) is 6.79 Å². The molecule has 16 heavy (non-hydrogen) atoms.